The number of amides is 1. The van der Waals surface area contributed by atoms with Crippen LogP contribution >= 0.6 is 0 Å². The van der Waals surface area contributed by atoms with Gasteiger partial charge in [0.1, 0.15) is 0 Å². The Balaban J connectivity index is 2.55. The van der Waals surface area contributed by atoms with Gasteiger partial charge in [-0.2, -0.15) is 0 Å². The van der Waals surface area contributed by atoms with Crippen LogP contribution in [0.5, 0.6) is 0 Å². The molecule has 0 spiro atoms. The molecular weight excluding hydrogens is 252 g/mol. The monoisotopic (exact) mass is 278 g/mol. The van der Waals surface area contributed by atoms with E-state index in [1.165, 1.54) is 5.56 Å². The van der Waals surface area contributed by atoms with E-state index in [2.05, 4.69) is 48.7 Å². The average Bonchev–Trinajstić information content (AvgIpc) is 2.44. The van der Waals surface area contributed by atoms with E-state index in [1.807, 2.05) is 0 Å². The molecule has 1 atom stereocenters. The summed E-state index contributed by atoms with van der Waals surface area (Å²) in [6.45, 7) is 5.56. The molecule has 112 valence electrons. The minimum atomic E-state index is -0.140. The van der Waals surface area contributed by atoms with Gasteiger partial charge in [0.05, 0.1) is 12.6 Å². The topological polar surface area (TPSA) is 50.4 Å². The van der Waals surface area contributed by atoms with Crippen LogP contribution in [0.15, 0.2) is 24.3 Å². The zero-order valence-corrected chi connectivity index (χ0v) is 12.9. The van der Waals surface area contributed by atoms with Crippen molar-refractivity contribution < 1.29 is 9.53 Å². The largest absolute Gasteiger partial charge is 0.380 e. The Morgan fingerprint density at radius 3 is 2.30 bits per heavy atom. The van der Waals surface area contributed by atoms with E-state index in [0.717, 1.165) is 12.0 Å². The first-order chi connectivity index (χ1) is 9.56. The number of nitrogens with one attached hydrogen (secondary N) is 2. The van der Waals surface area contributed by atoms with Crippen molar-refractivity contribution in [3.8, 4) is 0 Å². The summed E-state index contributed by atoms with van der Waals surface area (Å²) in [6.07, 6.45) is 0.835. The molecular formula is C16H26N2O2. The molecule has 2 N–H and O–H groups in total. The van der Waals surface area contributed by atoms with Crippen molar-refractivity contribution in [3.63, 3.8) is 0 Å². The second-order valence-corrected chi connectivity index (χ2v) is 5.43. The fraction of sp³-hybridized carbons (Fsp3) is 0.562. The number of hydrogen-bond acceptors (Lipinski definition) is 3. The predicted molar refractivity (Wildman–Crippen MR) is 81.3 cm³/mol. The molecule has 1 unspecified atom stereocenters. The van der Waals surface area contributed by atoms with Crippen LogP contribution in [0, 0.1) is 5.92 Å². The molecule has 1 aromatic rings. The van der Waals surface area contributed by atoms with Crippen LogP contribution in [-0.4, -0.2) is 26.1 Å². The summed E-state index contributed by atoms with van der Waals surface area (Å²) in [5, 5.41) is 6.04. The maximum absolute atomic E-state index is 11.8. The van der Waals surface area contributed by atoms with Gasteiger partial charge in [-0.25, -0.2) is 0 Å². The van der Waals surface area contributed by atoms with Crippen LogP contribution in [0.3, 0.4) is 0 Å². The van der Waals surface area contributed by atoms with Gasteiger partial charge < -0.3 is 15.4 Å². The smallest absolute Gasteiger partial charge is 0.236 e. The zero-order chi connectivity index (χ0) is 15.0. The summed E-state index contributed by atoms with van der Waals surface area (Å²) < 4.78 is 5.09. The average molecular weight is 278 g/mol. The van der Waals surface area contributed by atoms with E-state index in [1.54, 1.807) is 14.2 Å². The summed E-state index contributed by atoms with van der Waals surface area (Å²) in [5.74, 6) is 0.531. The minimum Gasteiger partial charge on any atom is -0.380 e. The van der Waals surface area contributed by atoms with Crippen molar-refractivity contribution >= 4 is 5.91 Å². The maximum Gasteiger partial charge on any atom is 0.236 e. The molecule has 0 heterocycles. The van der Waals surface area contributed by atoms with Crippen LogP contribution in [0.1, 0.15) is 31.4 Å². The van der Waals surface area contributed by atoms with Crippen LogP contribution in [0.2, 0.25) is 0 Å². The molecule has 0 aromatic heterocycles. The lowest BCUT2D eigenvalue weighted by atomic mass is 10.0. The molecule has 1 amide bonds. The quantitative estimate of drug-likeness (QED) is 0.765. The Kier molecular flexibility index (Phi) is 7.26. The van der Waals surface area contributed by atoms with Crippen molar-refractivity contribution in [3.05, 3.63) is 35.4 Å². The van der Waals surface area contributed by atoms with E-state index in [4.69, 9.17) is 4.74 Å². The third kappa shape index (κ3) is 5.72. The Morgan fingerprint density at radius 2 is 1.80 bits per heavy atom. The minimum absolute atomic E-state index is 0.0507. The van der Waals surface area contributed by atoms with E-state index < -0.39 is 0 Å². The third-order valence-corrected chi connectivity index (χ3v) is 3.16. The highest BCUT2D eigenvalue weighted by Gasteiger charge is 2.17. The summed E-state index contributed by atoms with van der Waals surface area (Å²) in [5.41, 5.74) is 2.32. The summed E-state index contributed by atoms with van der Waals surface area (Å²) in [6, 6.07) is 8.10. The molecule has 4 nitrogen and oxygen atoms in total. The van der Waals surface area contributed by atoms with E-state index >= 15 is 0 Å². The van der Waals surface area contributed by atoms with Gasteiger partial charge in [-0.1, -0.05) is 38.1 Å². The number of methoxy groups -OCH3 is 1. The molecule has 0 aliphatic rings. The molecule has 1 rings (SSSR count). The zero-order valence-electron chi connectivity index (χ0n) is 12.9. The number of carbonyl (C=O) groups excluding carboxylic acids is 1. The second-order valence-electron chi connectivity index (χ2n) is 5.43. The molecule has 0 radical (unpaired) electrons. The highest BCUT2D eigenvalue weighted by Crippen LogP contribution is 2.08. The first-order valence-electron chi connectivity index (χ1n) is 7.08. The molecule has 0 aliphatic carbocycles. The van der Waals surface area contributed by atoms with Gasteiger partial charge in [-0.3, -0.25) is 4.79 Å². The number of hydrogen-bond donors (Lipinski definition) is 2. The second kappa shape index (κ2) is 8.72. The highest BCUT2D eigenvalue weighted by molar-refractivity contribution is 5.81. The van der Waals surface area contributed by atoms with Crippen LogP contribution in [0.25, 0.3) is 0 Å². The van der Waals surface area contributed by atoms with E-state index in [-0.39, 0.29) is 11.9 Å². The Hall–Kier alpha value is -1.39. The fourth-order valence-corrected chi connectivity index (χ4v) is 2.09. The third-order valence-electron chi connectivity index (χ3n) is 3.16. The summed E-state index contributed by atoms with van der Waals surface area (Å²) >= 11 is 0. The number of ether oxygens (including phenoxy) is 1. The predicted octanol–water partition coefficient (Wildman–Crippen LogP) is 2.08. The first-order valence-corrected chi connectivity index (χ1v) is 7.08. The lowest BCUT2D eigenvalue weighted by Crippen LogP contribution is -2.43. The van der Waals surface area contributed by atoms with Gasteiger partial charge in [-0.15, -0.1) is 0 Å². The van der Waals surface area contributed by atoms with Crippen molar-refractivity contribution in [1.29, 1.82) is 0 Å². The highest BCUT2D eigenvalue weighted by atomic mass is 16.5. The van der Waals surface area contributed by atoms with Gasteiger partial charge in [0.2, 0.25) is 5.91 Å². The van der Waals surface area contributed by atoms with Crippen LogP contribution < -0.4 is 10.6 Å². The maximum atomic E-state index is 11.8. The lowest BCUT2D eigenvalue weighted by Gasteiger charge is -2.19. The SMILES string of the molecule is CNC(=O)C(CC(C)C)NCc1ccc(COC)cc1. The van der Waals surface area contributed by atoms with Crippen molar-refractivity contribution in [1.82, 2.24) is 10.6 Å². The number of carbonyl (C=O) groups is 1. The number of likely N-dealkylation sites (N-methyl/N-ethyl adjacent to an activating group) is 1. The molecule has 0 fully saturated rings. The summed E-state index contributed by atoms with van der Waals surface area (Å²) in [7, 11) is 3.37. The van der Waals surface area contributed by atoms with Gasteiger partial charge in [-0.05, 0) is 23.5 Å². The summed E-state index contributed by atoms with van der Waals surface area (Å²) in [4.78, 5) is 11.8. The Morgan fingerprint density at radius 1 is 1.20 bits per heavy atom. The number of rotatable bonds is 8. The van der Waals surface area contributed by atoms with E-state index in [0.29, 0.717) is 19.1 Å². The van der Waals surface area contributed by atoms with Gasteiger partial charge in [0.15, 0.2) is 0 Å². The molecule has 0 bridgehead atoms. The van der Waals surface area contributed by atoms with Gasteiger partial charge in [0.25, 0.3) is 0 Å². The molecule has 0 saturated heterocycles. The van der Waals surface area contributed by atoms with Crippen molar-refractivity contribution in [2.24, 2.45) is 5.92 Å². The standard InChI is InChI=1S/C16H26N2O2/c1-12(2)9-15(16(19)17-3)18-10-13-5-7-14(8-6-13)11-20-4/h5-8,12,15,18H,9-11H2,1-4H3,(H,17,19). The van der Waals surface area contributed by atoms with Crippen LogP contribution in [0.4, 0.5) is 0 Å². The fourth-order valence-electron chi connectivity index (χ4n) is 2.09. The first kappa shape index (κ1) is 16.7. The van der Waals surface area contributed by atoms with Gasteiger partial charge >= 0.3 is 0 Å². The van der Waals surface area contributed by atoms with E-state index in [9.17, 15) is 4.79 Å². The Labute approximate surface area is 121 Å². The number of benzene rings is 1. The normalized spacial score (nSPS) is 12.4. The molecule has 1 aromatic carbocycles. The lowest BCUT2D eigenvalue weighted by molar-refractivity contribution is -0.123. The Bertz CT molecular complexity index is 401. The van der Waals surface area contributed by atoms with Crippen LogP contribution in [-0.2, 0) is 22.7 Å². The molecule has 4 heteroatoms. The molecule has 0 saturated carbocycles. The van der Waals surface area contributed by atoms with Crippen molar-refractivity contribution in [2.75, 3.05) is 14.2 Å². The van der Waals surface area contributed by atoms with Crippen molar-refractivity contribution in [2.45, 2.75) is 39.5 Å². The molecule has 0 aliphatic heterocycles. The molecule has 20 heavy (non-hydrogen) atoms. The van der Waals surface area contributed by atoms with Gasteiger partial charge in [0, 0.05) is 20.7 Å².